The van der Waals surface area contributed by atoms with Crippen molar-refractivity contribution >= 4 is 17.7 Å². The van der Waals surface area contributed by atoms with Gasteiger partial charge in [-0.25, -0.2) is 15.1 Å². The molecule has 10 nitrogen and oxygen atoms in total. The summed E-state index contributed by atoms with van der Waals surface area (Å²) in [6, 6.07) is 1.68. The molecule has 13 heteroatoms. The molecule has 172 valence electrons. The third-order valence-electron chi connectivity index (χ3n) is 5.48. The Morgan fingerprint density at radius 3 is 2.44 bits per heavy atom. The molecule has 4 heterocycles. The number of rotatable bonds is 3. The highest BCUT2D eigenvalue weighted by Gasteiger charge is 2.34. The summed E-state index contributed by atoms with van der Waals surface area (Å²) in [5.41, 5.74) is -0.628. The van der Waals surface area contributed by atoms with E-state index in [0.29, 0.717) is 57.3 Å². The van der Waals surface area contributed by atoms with Gasteiger partial charge < -0.3 is 19.4 Å². The maximum Gasteiger partial charge on any atom is 0.419 e. The maximum atomic E-state index is 13.0. The Kier molecular flexibility index (Phi) is 6.00. The Balaban J connectivity index is 1.34. The van der Waals surface area contributed by atoms with Gasteiger partial charge in [-0.15, -0.1) is 0 Å². The predicted molar refractivity (Wildman–Crippen MR) is 107 cm³/mol. The number of hydrogen-bond donors (Lipinski definition) is 1. The zero-order valence-electron chi connectivity index (χ0n) is 17.3. The van der Waals surface area contributed by atoms with Crippen molar-refractivity contribution in [2.45, 2.75) is 19.2 Å². The number of amides is 1. The minimum atomic E-state index is -4.49. The number of H-pyrrole nitrogens is 1. The number of aromatic amines is 1. The number of morpholine rings is 1. The van der Waals surface area contributed by atoms with Crippen molar-refractivity contribution in [3.8, 4) is 0 Å². The highest BCUT2D eigenvalue weighted by molar-refractivity contribution is 5.82. The van der Waals surface area contributed by atoms with Crippen LogP contribution in [0.5, 0.6) is 0 Å². The fraction of sp³-hybridized carbons (Fsp3) is 0.526. The van der Waals surface area contributed by atoms with E-state index < -0.39 is 17.8 Å². The first kappa shape index (κ1) is 22.0. The largest absolute Gasteiger partial charge is 0.419 e. The monoisotopic (exact) mass is 453 g/mol. The molecule has 1 amide bonds. The van der Waals surface area contributed by atoms with Crippen LogP contribution in [0.3, 0.4) is 0 Å². The van der Waals surface area contributed by atoms with Gasteiger partial charge in [-0.05, 0) is 13.0 Å². The Morgan fingerprint density at radius 2 is 1.81 bits per heavy atom. The van der Waals surface area contributed by atoms with Crippen LogP contribution >= 0.6 is 0 Å². The first-order valence-electron chi connectivity index (χ1n) is 10.1. The summed E-state index contributed by atoms with van der Waals surface area (Å²) < 4.78 is 43.7. The Hall–Kier alpha value is -3.22. The Morgan fingerprint density at radius 1 is 1.12 bits per heavy atom. The minimum Gasteiger partial charge on any atom is -0.365 e. The predicted octanol–water partition coefficient (Wildman–Crippen LogP) is 0.441. The summed E-state index contributed by atoms with van der Waals surface area (Å²) in [5, 5.41) is 6.49. The van der Waals surface area contributed by atoms with Crippen molar-refractivity contribution in [1.29, 1.82) is 0 Å². The zero-order valence-corrected chi connectivity index (χ0v) is 17.3. The number of nitrogens with one attached hydrogen (secondary N) is 1. The molecule has 2 aliphatic heterocycles. The summed E-state index contributed by atoms with van der Waals surface area (Å²) in [6.07, 6.45) is -3.64. The lowest BCUT2D eigenvalue weighted by Crippen LogP contribution is -2.56. The first-order valence-corrected chi connectivity index (χ1v) is 10.1. The van der Waals surface area contributed by atoms with Crippen molar-refractivity contribution < 1.29 is 22.7 Å². The summed E-state index contributed by atoms with van der Waals surface area (Å²) in [4.78, 5) is 37.4. The van der Waals surface area contributed by atoms with Gasteiger partial charge in [-0.3, -0.25) is 9.59 Å². The molecule has 2 aliphatic rings. The van der Waals surface area contributed by atoms with E-state index >= 15 is 0 Å². The van der Waals surface area contributed by atoms with Crippen LogP contribution in [-0.4, -0.2) is 83.0 Å². The van der Waals surface area contributed by atoms with Gasteiger partial charge in [0.05, 0.1) is 18.7 Å². The lowest BCUT2D eigenvalue weighted by atomic mass is 10.2. The lowest BCUT2D eigenvalue weighted by Gasteiger charge is -2.39. The van der Waals surface area contributed by atoms with Gasteiger partial charge in [0.25, 0.3) is 11.5 Å². The standard InChI is InChI=1S/C19H22F3N7O3/c1-12-8-15(25-26-16(12)30)29-6-7-32-14(11-29)17(31)27-2-4-28(5-3-27)18-23-9-13(10-24-18)19(20,21)22/h8-10,14H,2-7,11H2,1H3,(H,26,30)/t14-/m0/s1. The Labute approximate surface area is 181 Å². The minimum absolute atomic E-state index is 0.163. The van der Waals surface area contributed by atoms with Crippen LogP contribution in [0.25, 0.3) is 0 Å². The highest BCUT2D eigenvalue weighted by atomic mass is 19.4. The Bertz CT molecular complexity index is 1020. The highest BCUT2D eigenvalue weighted by Crippen LogP contribution is 2.28. The van der Waals surface area contributed by atoms with Crippen LogP contribution in [0, 0.1) is 6.92 Å². The van der Waals surface area contributed by atoms with Crippen LogP contribution < -0.4 is 15.4 Å². The van der Waals surface area contributed by atoms with Gasteiger partial charge in [0, 0.05) is 50.7 Å². The van der Waals surface area contributed by atoms with Crippen molar-refractivity contribution in [3.63, 3.8) is 0 Å². The number of nitrogens with zero attached hydrogens (tertiary/aromatic N) is 6. The molecular weight excluding hydrogens is 431 g/mol. The van der Waals surface area contributed by atoms with Crippen molar-refractivity contribution in [3.05, 3.63) is 39.9 Å². The fourth-order valence-corrected chi connectivity index (χ4v) is 3.62. The molecule has 0 radical (unpaired) electrons. The fourth-order valence-electron chi connectivity index (χ4n) is 3.62. The normalized spacial score (nSPS) is 19.9. The van der Waals surface area contributed by atoms with Gasteiger partial charge in [0.15, 0.2) is 6.10 Å². The van der Waals surface area contributed by atoms with E-state index in [1.165, 1.54) is 0 Å². The van der Waals surface area contributed by atoms with Gasteiger partial charge in [0.2, 0.25) is 5.95 Å². The molecule has 2 saturated heterocycles. The molecule has 4 rings (SSSR count). The van der Waals surface area contributed by atoms with Crippen molar-refractivity contribution in [2.24, 2.45) is 0 Å². The first-order chi connectivity index (χ1) is 15.2. The third-order valence-corrected chi connectivity index (χ3v) is 5.48. The molecule has 2 aromatic heterocycles. The third kappa shape index (κ3) is 4.66. The lowest BCUT2D eigenvalue weighted by molar-refractivity contribution is -0.144. The second-order valence-corrected chi connectivity index (χ2v) is 7.63. The van der Waals surface area contributed by atoms with Crippen molar-refractivity contribution in [1.82, 2.24) is 25.1 Å². The molecule has 32 heavy (non-hydrogen) atoms. The quantitative estimate of drug-likeness (QED) is 0.714. The molecule has 0 spiro atoms. The van der Waals surface area contributed by atoms with Crippen LogP contribution in [0.1, 0.15) is 11.1 Å². The molecule has 0 unspecified atom stereocenters. The topological polar surface area (TPSA) is 108 Å². The molecular formula is C19H22F3N7O3. The van der Waals surface area contributed by atoms with E-state index in [-0.39, 0.29) is 17.4 Å². The smallest absolute Gasteiger partial charge is 0.365 e. The molecule has 0 bridgehead atoms. The molecule has 2 fully saturated rings. The average molecular weight is 453 g/mol. The van der Waals surface area contributed by atoms with Crippen LogP contribution in [0.2, 0.25) is 0 Å². The maximum absolute atomic E-state index is 13.0. The average Bonchev–Trinajstić information content (AvgIpc) is 2.80. The molecule has 0 aliphatic carbocycles. The van der Waals surface area contributed by atoms with E-state index in [1.54, 1.807) is 22.8 Å². The van der Waals surface area contributed by atoms with E-state index in [2.05, 4.69) is 20.2 Å². The second kappa shape index (κ2) is 8.73. The van der Waals surface area contributed by atoms with Crippen LogP contribution in [0.15, 0.2) is 23.3 Å². The second-order valence-electron chi connectivity index (χ2n) is 7.63. The van der Waals surface area contributed by atoms with Gasteiger partial charge in [0.1, 0.15) is 5.82 Å². The van der Waals surface area contributed by atoms with Crippen molar-refractivity contribution in [2.75, 3.05) is 55.7 Å². The number of anilines is 2. The SMILES string of the molecule is Cc1cc(N2CCO[C@H](C(=O)N3CCN(c4ncc(C(F)(F)F)cn4)CC3)C2)n[nH]c1=O. The summed E-state index contributed by atoms with van der Waals surface area (Å²) in [6.45, 7) is 4.42. The number of ether oxygens (including phenoxy) is 1. The number of piperazine rings is 1. The summed E-state index contributed by atoms with van der Waals surface area (Å²) >= 11 is 0. The van der Waals surface area contributed by atoms with Gasteiger partial charge in [-0.1, -0.05) is 0 Å². The number of carbonyl (C=O) groups excluding carboxylic acids is 1. The van der Waals surface area contributed by atoms with Crippen LogP contribution in [-0.2, 0) is 15.7 Å². The number of halogens is 3. The van der Waals surface area contributed by atoms with Crippen LogP contribution in [0.4, 0.5) is 24.9 Å². The molecule has 0 aromatic carbocycles. The van der Waals surface area contributed by atoms with E-state index in [9.17, 15) is 22.8 Å². The number of carbonyl (C=O) groups is 1. The molecule has 2 aromatic rings. The number of hydrogen-bond acceptors (Lipinski definition) is 8. The summed E-state index contributed by atoms with van der Waals surface area (Å²) in [5.74, 6) is 0.612. The number of alkyl halides is 3. The zero-order chi connectivity index (χ0) is 22.9. The number of aryl methyl sites for hydroxylation is 1. The molecule has 1 atom stereocenters. The number of aromatic nitrogens is 4. The molecule has 1 N–H and O–H groups in total. The van der Waals surface area contributed by atoms with E-state index in [0.717, 1.165) is 12.4 Å². The van der Waals surface area contributed by atoms with Gasteiger partial charge >= 0.3 is 6.18 Å². The van der Waals surface area contributed by atoms with E-state index in [1.807, 2.05) is 4.90 Å². The van der Waals surface area contributed by atoms with E-state index in [4.69, 9.17) is 4.74 Å². The summed E-state index contributed by atoms with van der Waals surface area (Å²) in [7, 11) is 0. The van der Waals surface area contributed by atoms with Gasteiger partial charge in [-0.2, -0.15) is 18.3 Å². The molecule has 0 saturated carbocycles.